The van der Waals surface area contributed by atoms with Gasteiger partial charge in [0.1, 0.15) is 16.1 Å². The summed E-state index contributed by atoms with van der Waals surface area (Å²) in [7, 11) is -2.87. The van der Waals surface area contributed by atoms with Crippen LogP contribution in [0.2, 0.25) is 36.3 Å². The van der Waals surface area contributed by atoms with E-state index >= 15 is 0 Å². The molecule has 2 heterocycles. The monoisotopic (exact) mass is 566 g/mol. The zero-order chi connectivity index (χ0) is 26.9. The summed E-state index contributed by atoms with van der Waals surface area (Å²) in [6, 6.07) is 26.3. The normalized spacial score (nSPS) is 12.2. The fourth-order valence-electron chi connectivity index (χ4n) is 5.62. The Labute approximate surface area is 238 Å². The number of thiophene rings is 2. The van der Waals surface area contributed by atoms with Gasteiger partial charge in [-0.15, -0.1) is 33.8 Å². The molecular weight excluding hydrogens is 529 g/mol. The molecule has 0 N–H and O–H groups in total. The van der Waals surface area contributed by atoms with Crippen molar-refractivity contribution >= 4 is 80.5 Å². The second-order valence-electron chi connectivity index (χ2n) is 10.7. The van der Waals surface area contributed by atoms with E-state index in [1.807, 2.05) is 22.7 Å². The Morgan fingerprint density at radius 1 is 0.447 bits per heavy atom. The zero-order valence-corrected chi connectivity index (χ0v) is 27.3. The quantitative estimate of drug-likeness (QED) is 0.109. The average molecular weight is 567 g/mol. The molecule has 0 nitrogen and oxygen atoms in total. The maximum atomic E-state index is 3.77. The lowest BCUT2D eigenvalue weighted by Crippen LogP contribution is -2.29. The summed E-state index contributed by atoms with van der Waals surface area (Å²) in [6.07, 6.45) is 0. The molecule has 3 aromatic carbocycles. The average Bonchev–Trinajstić information content (AvgIpc) is 3.53. The van der Waals surface area contributed by atoms with E-state index in [0.717, 1.165) is 0 Å². The van der Waals surface area contributed by atoms with E-state index in [1.54, 1.807) is 0 Å². The van der Waals surface area contributed by atoms with Gasteiger partial charge in [-0.25, -0.2) is 0 Å². The lowest BCUT2D eigenvalue weighted by Gasteiger charge is -2.19. The number of benzene rings is 3. The molecule has 0 saturated heterocycles. The predicted octanol–water partition coefficient (Wildman–Crippen LogP) is 11.2. The van der Waals surface area contributed by atoms with Crippen LogP contribution >= 0.6 is 22.7 Å². The van der Waals surface area contributed by atoms with Crippen molar-refractivity contribution in [2.24, 2.45) is 0 Å². The van der Waals surface area contributed by atoms with E-state index in [2.05, 4.69) is 113 Å². The summed E-state index contributed by atoms with van der Waals surface area (Å²) in [5.41, 5.74) is 7.54. The Morgan fingerprint density at radius 3 is 1.11 bits per heavy atom. The molecule has 0 aliphatic rings. The molecule has 0 fully saturated rings. The van der Waals surface area contributed by atoms with Gasteiger partial charge in [-0.3, -0.25) is 0 Å². The topological polar surface area (TPSA) is 0 Å². The molecule has 0 bridgehead atoms. The van der Waals surface area contributed by atoms with Gasteiger partial charge in [-0.05, 0) is 117 Å². The molecule has 2 aromatic heterocycles. The zero-order valence-electron chi connectivity index (χ0n) is 23.7. The minimum atomic E-state index is -1.43. The van der Waals surface area contributed by atoms with E-state index in [1.165, 1.54) is 87.7 Å². The van der Waals surface area contributed by atoms with E-state index in [4.69, 9.17) is 0 Å². The molecule has 0 saturated carbocycles. The van der Waals surface area contributed by atoms with Crippen molar-refractivity contribution in [1.29, 1.82) is 0 Å². The van der Waals surface area contributed by atoms with E-state index in [-0.39, 0.29) is 0 Å². The van der Waals surface area contributed by atoms with Gasteiger partial charge in [0, 0.05) is 9.40 Å². The van der Waals surface area contributed by atoms with Crippen molar-refractivity contribution in [3.8, 4) is 22.9 Å². The molecule has 194 valence electrons. The van der Waals surface area contributed by atoms with Crippen LogP contribution in [0.1, 0.15) is 51.3 Å². The van der Waals surface area contributed by atoms with E-state index in [9.17, 15) is 0 Å². The standard InChI is InChI=1S/C34H38S2Si2/c1-7-37(8-2,9-3)15-13-31-21-29-19-25-17-28-24-34-30(20-26(28)18-27(25)23-33(29)35-31)22-32(36-34)14-16-38(10-4,11-5)12-6/h17-24H,7-12H2,1-6H3. The van der Waals surface area contributed by atoms with Crippen LogP contribution in [0.5, 0.6) is 0 Å². The Bertz CT molecular complexity index is 1520. The molecule has 4 heteroatoms. The van der Waals surface area contributed by atoms with Crippen LogP contribution in [-0.4, -0.2) is 16.1 Å². The maximum absolute atomic E-state index is 3.77. The molecule has 0 aliphatic carbocycles. The van der Waals surface area contributed by atoms with Crippen LogP contribution in [0.3, 0.4) is 0 Å². The van der Waals surface area contributed by atoms with Gasteiger partial charge in [0.2, 0.25) is 0 Å². The third-order valence-electron chi connectivity index (χ3n) is 9.03. The Kier molecular flexibility index (Phi) is 7.90. The van der Waals surface area contributed by atoms with Crippen molar-refractivity contribution in [3.05, 3.63) is 58.3 Å². The van der Waals surface area contributed by atoms with Crippen molar-refractivity contribution in [1.82, 2.24) is 0 Å². The summed E-state index contributed by atoms with van der Waals surface area (Å²) in [5, 5.41) is 7.86. The lowest BCUT2D eigenvalue weighted by molar-refractivity contribution is 1.20. The molecule has 0 radical (unpaired) electrons. The fraction of sp³-hybridized carbons (Fsp3) is 0.353. The van der Waals surface area contributed by atoms with Crippen molar-refractivity contribution in [2.45, 2.75) is 77.8 Å². The van der Waals surface area contributed by atoms with Gasteiger partial charge in [-0.2, -0.15) is 0 Å². The SMILES string of the molecule is CC[Si](C#Cc1cc2cc3cc4cc5sc(C#C[Si](CC)(CC)CC)cc5cc4cc3cc2s1)(CC)CC. The van der Waals surface area contributed by atoms with Gasteiger partial charge in [0.25, 0.3) is 0 Å². The number of fused-ring (bicyclic) bond motifs is 4. The van der Waals surface area contributed by atoms with Crippen LogP contribution < -0.4 is 0 Å². The largest absolute Gasteiger partial charge is 0.138 e. The van der Waals surface area contributed by atoms with E-state index < -0.39 is 16.1 Å². The van der Waals surface area contributed by atoms with Gasteiger partial charge < -0.3 is 0 Å². The molecule has 5 rings (SSSR count). The summed E-state index contributed by atoms with van der Waals surface area (Å²) >= 11 is 3.69. The van der Waals surface area contributed by atoms with Crippen LogP contribution in [0.4, 0.5) is 0 Å². The first-order chi connectivity index (χ1) is 18.4. The molecular formula is C34H38S2Si2. The molecule has 38 heavy (non-hydrogen) atoms. The molecule has 0 aliphatic heterocycles. The fourth-order valence-corrected chi connectivity index (χ4v) is 12.6. The molecule has 5 aromatic rings. The molecule has 0 unspecified atom stereocenters. The maximum Gasteiger partial charge on any atom is 0.138 e. The summed E-state index contributed by atoms with van der Waals surface area (Å²) in [6.45, 7) is 14.0. The molecule has 0 amide bonds. The first-order valence-corrected chi connectivity index (χ1v) is 21.2. The minimum Gasteiger partial charge on any atom is -0.127 e. The summed E-state index contributed by atoms with van der Waals surface area (Å²) < 4.78 is 2.67. The number of hydrogen-bond acceptors (Lipinski definition) is 2. The van der Waals surface area contributed by atoms with Crippen LogP contribution in [0, 0.1) is 22.9 Å². The van der Waals surface area contributed by atoms with Gasteiger partial charge in [0.05, 0.1) is 9.75 Å². The minimum absolute atomic E-state index is 1.21. The third-order valence-corrected chi connectivity index (χ3v) is 20.5. The Balaban J connectivity index is 1.54. The van der Waals surface area contributed by atoms with E-state index in [0.29, 0.717) is 0 Å². The highest BCUT2D eigenvalue weighted by Gasteiger charge is 2.25. The van der Waals surface area contributed by atoms with Gasteiger partial charge in [0.15, 0.2) is 0 Å². The first kappa shape index (κ1) is 27.2. The third kappa shape index (κ3) is 5.13. The van der Waals surface area contributed by atoms with Crippen LogP contribution in [0.25, 0.3) is 41.7 Å². The highest BCUT2D eigenvalue weighted by Crippen LogP contribution is 2.35. The van der Waals surface area contributed by atoms with Crippen LogP contribution in [0.15, 0.2) is 48.5 Å². The molecule has 0 spiro atoms. The molecule has 0 atom stereocenters. The highest BCUT2D eigenvalue weighted by atomic mass is 32.1. The highest BCUT2D eigenvalue weighted by molar-refractivity contribution is 7.20. The lowest BCUT2D eigenvalue weighted by atomic mass is 10.0. The Hall–Kier alpha value is -2.35. The van der Waals surface area contributed by atoms with Gasteiger partial charge >= 0.3 is 0 Å². The summed E-state index contributed by atoms with van der Waals surface area (Å²) in [4.78, 5) is 2.42. The second-order valence-corrected chi connectivity index (χ2v) is 22.8. The van der Waals surface area contributed by atoms with Crippen LogP contribution in [-0.2, 0) is 0 Å². The second kappa shape index (κ2) is 11.0. The van der Waals surface area contributed by atoms with Crippen molar-refractivity contribution in [2.75, 3.05) is 0 Å². The first-order valence-electron chi connectivity index (χ1n) is 14.3. The summed E-state index contributed by atoms with van der Waals surface area (Å²) in [5.74, 6) is 7.18. The Morgan fingerprint density at radius 2 is 0.763 bits per heavy atom. The predicted molar refractivity (Wildman–Crippen MR) is 180 cm³/mol. The number of hydrogen-bond donors (Lipinski definition) is 0. The van der Waals surface area contributed by atoms with Crippen molar-refractivity contribution in [3.63, 3.8) is 0 Å². The number of rotatable bonds is 6. The van der Waals surface area contributed by atoms with Crippen molar-refractivity contribution < 1.29 is 0 Å². The van der Waals surface area contributed by atoms with Gasteiger partial charge in [-0.1, -0.05) is 53.4 Å². The smallest absolute Gasteiger partial charge is 0.127 e.